The molecule has 0 atom stereocenters. The minimum absolute atomic E-state index is 0.0236. The van der Waals surface area contributed by atoms with Crippen molar-refractivity contribution in [2.24, 2.45) is 0 Å². The van der Waals surface area contributed by atoms with Gasteiger partial charge < -0.3 is 5.32 Å². The van der Waals surface area contributed by atoms with Crippen molar-refractivity contribution in [2.45, 2.75) is 24.8 Å². The number of carbonyl (C=O) groups excluding carboxylic acids is 1. The molecule has 0 spiro atoms. The molecule has 1 aromatic heterocycles. The Hall–Kier alpha value is -3.71. The van der Waals surface area contributed by atoms with Crippen molar-refractivity contribution in [3.63, 3.8) is 0 Å². The zero-order valence-electron chi connectivity index (χ0n) is 15.5. The van der Waals surface area contributed by atoms with Crippen LogP contribution in [-0.4, -0.2) is 29.1 Å². The highest BCUT2D eigenvalue weighted by Crippen LogP contribution is 2.17. The van der Waals surface area contributed by atoms with Crippen LogP contribution in [0.25, 0.3) is 0 Å². The van der Waals surface area contributed by atoms with Crippen LogP contribution in [0.5, 0.6) is 0 Å². The Bertz CT molecular complexity index is 1150. The minimum Gasteiger partial charge on any atom is -0.326 e. The molecule has 0 bridgehead atoms. The normalized spacial score (nSPS) is 10.9. The van der Waals surface area contributed by atoms with Crippen molar-refractivity contribution in [1.82, 2.24) is 14.8 Å². The molecule has 2 N–H and O–H groups in total. The van der Waals surface area contributed by atoms with Crippen LogP contribution >= 0.6 is 0 Å². The lowest BCUT2D eigenvalue weighted by molar-refractivity contribution is -0.115. The molecule has 0 fully saturated rings. The third-order valence-corrected chi connectivity index (χ3v) is 5.30. The standard InChI is InChI=1S/C19H18N6O3S/c1-2-18(26)22-16-7-9-17(10-8-16)29(27,28)24-19-21-13-25(23-19)12-15-5-3-14(11-20)4-6-15/h3-10,13H,2,12H2,1H3,(H,22,26)(H,23,24). The topological polar surface area (TPSA) is 130 Å². The molecule has 0 aliphatic heterocycles. The predicted octanol–water partition coefficient (Wildman–Crippen LogP) is 2.35. The van der Waals surface area contributed by atoms with Gasteiger partial charge in [0.15, 0.2) is 0 Å². The van der Waals surface area contributed by atoms with Crippen LogP contribution in [-0.2, 0) is 21.4 Å². The zero-order valence-corrected chi connectivity index (χ0v) is 16.3. The summed E-state index contributed by atoms with van der Waals surface area (Å²) >= 11 is 0. The fraction of sp³-hybridized carbons (Fsp3) is 0.158. The summed E-state index contributed by atoms with van der Waals surface area (Å²) in [6, 6.07) is 14.8. The Morgan fingerprint density at radius 1 is 1.14 bits per heavy atom. The molecule has 1 amide bonds. The molecule has 9 nitrogen and oxygen atoms in total. The van der Waals surface area contributed by atoms with Gasteiger partial charge in [-0.2, -0.15) is 10.2 Å². The summed E-state index contributed by atoms with van der Waals surface area (Å²) in [4.78, 5) is 15.4. The molecule has 1 heterocycles. The van der Waals surface area contributed by atoms with E-state index >= 15 is 0 Å². The largest absolute Gasteiger partial charge is 0.326 e. The van der Waals surface area contributed by atoms with Crippen molar-refractivity contribution in [3.8, 4) is 6.07 Å². The third kappa shape index (κ3) is 5.18. The molecule has 0 saturated heterocycles. The monoisotopic (exact) mass is 410 g/mol. The number of sulfonamides is 1. The lowest BCUT2D eigenvalue weighted by Gasteiger charge is -2.07. The van der Waals surface area contributed by atoms with Gasteiger partial charge in [0.05, 0.1) is 23.1 Å². The number of hydrogen-bond acceptors (Lipinski definition) is 6. The SMILES string of the molecule is CCC(=O)Nc1ccc(S(=O)(=O)Nc2ncn(Cc3ccc(C#N)cc3)n2)cc1. The van der Waals surface area contributed by atoms with E-state index in [1.165, 1.54) is 35.3 Å². The van der Waals surface area contributed by atoms with Gasteiger partial charge in [-0.05, 0) is 42.0 Å². The van der Waals surface area contributed by atoms with Gasteiger partial charge >= 0.3 is 0 Å². The van der Waals surface area contributed by atoms with Crippen molar-refractivity contribution in [3.05, 3.63) is 66.0 Å². The van der Waals surface area contributed by atoms with Crippen molar-refractivity contribution >= 4 is 27.6 Å². The average molecular weight is 410 g/mol. The molecule has 10 heteroatoms. The molecule has 0 aliphatic carbocycles. The number of benzene rings is 2. The van der Waals surface area contributed by atoms with E-state index in [9.17, 15) is 13.2 Å². The number of carbonyl (C=O) groups is 1. The second-order valence-corrected chi connectivity index (χ2v) is 7.79. The molecule has 0 radical (unpaired) electrons. The highest BCUT2D eigenvalue weighted by atomic mass is 32.2. The lowest BCUT2D eigenvalue weighted by Crippen LogP contribution is -2.15. The van der Waals surface area contributed by atoms with Gasteiger partial charge in [0.1, 0.15) is 6.33 Å². The molecule has 3 aromatic rings. The van der Waals surface area contributed by atoms with E-state index in [4.69, 9.17) is 5.26 Å². The number of nitrogens with zero attached hydrogens (tertiary/aromatic N) is 4. The average Bonchev–Trinajstić information content (AvgIpc) is 3.14. The maximum Gasteiger partial charge on any atom is 0.264 e. The quantitative estimate of drug-likeness (QED) is 0.615. The van der Waals surface area contributed by atoms with Crippen LogP contribution in [0.3, 0.4) is 0 Å². The Labute approximate surface area is 168 Å². The summed E-state index contributed by atoms with van der Waals surface area (Å²) < 4.78 is 28.8. The highest BCUT2D eigenvalue weighted by Gasteiger charge is 2.16. The van der Waals surface area contributed by atoms with Gasteiger partial charge in [-0.1, -0.05) is 19.1 Å². The van der Waals surface area contributed by atoms with E-state index in [0.717, 1.165) is 5.56 Å². The molecule has 0 aliphatic rings. The summed E-state index contributed by atoms with van der Waals surface area (Å²) in [6.07, 6.45) is 1.75. The Morgan fingerprint density at radius 2 is 1.83 bits per heavy atom. The second kappa shape index (κ2) is 8.53. The van der Waals surface area contributed by atoms with Crippen LogP contribution in [0, 0.1) is 11.3 Å². The number of amides is 1. The smallest absolute Gasteiger partial charge is 0.264 e. The Morgan fingerprint density at radius 3 is 2.45 bits per heavy atom. The molecule has 29 heavy (non-hydrogen) atoms. The molecule has 0 unspecified atom stereocenters. The van der Waals surface area contributed by atoms with Gasteiger partial charge in [-0.15, -0.1) is 5.10 Å². The summed E-state index contributed by atoms with van der Waals surface area (Å²) in [5.41, 5.74) is 1.97. The number of rotatable bonds is 7. The molecular formula is C19H18N6O3S. The van der Waals surface area contributed by atoms with Gasteiger partial charge in [0.2, 0.25) is 5.91 Å². The maximum atomic E-state index is 12.5. The van der Waals surface area contributed by atoms with E-state index in [-0.39, 0.29) is 16.8 Å². The molecule has 0 saturated carbocycles. The first-order valence-corrected chi connectivity index (χ1v) is 10.2. The number of anilines is 2. The summed E-state index contributed by atoms with van der Waals surface area (Å²) in [6.45, 7) is 2.11. The predicted molar refractivity (Wildman–Crippen MR) is 106 cm³/mol. The number of aromatic nitrogens is 3. The second-order valence-electron chi connectivity index (χ2n) is 6.11. The third-order valence-electron chi connectivity index (χ3n) is 3.96. The van der Waals surface area contributed by atoms with E-state index in [2.05, 4.69) is 20.1 Å². The van der Waals surface area contributed by atoms with Gasteiger partial charge in [0.25, 0.3) is 16.0 Å². The minimum atomic E-state index is -3.87. The summed E-state index contributed by atoms with van der Waals surface area (Å²) in [7, 11) is -3.87. The Kier molecular flexibility index (Phi) is 5.90. The number of nitrogens with one attached hydrogen (secondary N) is 2. The first-order chi connectivity index (χ1) is 13.9. The first kappa shape index (κ1) is 20.0. The lowest BCUT2D eigenvalue weighted by atomic mass is 10.1. The summed E-state index contributed by atoms with van der Waals surface area (Å²) in [5, 5.41) is 15.6. The molecular weight excluding hydrogens is 392 g/mol. The highest BCUT2D eigenvalue weighted by molar-refractivity contribution is 7.92. The van der Waals surface area contributed by atoms with Crippen molar-refractivity contribution in [2.75, 3.05) is 10.0 Å². The molecule has 2 aromatic carbocycles. The molecule has 148 valence electrons. The van der Waals surface area contributed by atoms with Crippen LogP contribution in [0.2, 0.25) is 0 Å². The Balaban J connectivity index is 1.67. The number of nitriles is 1. The van der Waals surface area contributed by atoms with Crippen molar-refractivity contribution < 1.29 is 13.2 Å². The zero-order chi connectivity index (χ0) is 20.9. The molecule has 3 rings (SSSR count). The van der Waals surface area contributed by atoms with Gasteiger partial charge in [-0.3, -0.25) is 4.79 Å². The van der Waals surface area contributed by atoms with Crippen molar-refractivity contribution in [1.29, 1.82) is 5.26 Å². The van der Waals surface area contributed by atoms with E-state index in [1.807, 2.05) is 6.07 Å². The van der Waals surface area contributed by atoms with E-state index in [1.54, 1.807) is 31.2 Å². The summed E-state index contributed by atoms with van der Waals surface area (Å²) in [5.74, 6) is -0.210. The number of hydrogen-bond donors (Lipinski definition) is 2. The van der Waals surface area contributed by atoms with E-state index in [0.29, 0.717) is 24.2 Å². The van der Waals surface area contributed by atoms with Crippen LogP contribution in [0.1, 0.15) is 24.5 Å². The maximum absolute atomic E-state index is 12.5. The van der Waals surface area contributed by atoms with Crippen LogP contribution in [0.15, 0.2) is 59.8 Å². The fourth-order valence-corrected chi connectivity index (χ4v) is 3.38. The van der Waals surface area contributed by atoms with Crippen LogP contribution < -0.4 is 10.0 Å². The first-order valence-electron chi connectivity index (χ1n) is 8.71. The van der Waals surface area contributed by atoms with Gasteiger partial charge in [-0.25, -0.2) is 17.8 Å². The van der Waals surface area contributed by atoms with E-state index < -0.39 is 10.0 Å². The van der Waals surface area contributed by atoms with Gasteiger partial charge in [0, 0.05) is 12.1 Å². The van der Waals surface area contributed by atoms with Crippen LogP contribution in [0.4, 0.5) is 11.6 Å². The fourth-order valence-electron chi connectivity index (χ4n) is 2.44.